The SMILES string of the molecule is CCCCCCCCSc1ccc(-c2ccc(C(=O)Oc3ccc(-c4ccc(SCCCCCCC)cc4)cc3)cc2)cc1. The predicted octanol–water partition coefficient (Wildman–Crippen LogP) is 12.8. The lowest BCUT2D eigenvalue weighted by Gasteiger charge is -2.08. The van der Waals surface area contributed by atoms with Crippen molar-refractivity contribution in [3.8, 4) is 28.0 Å². The van der Waals surface area contributed by atoms with Crippen molar-refractivity contribution in [2.24, 2.45) is 0 Å². The van der Waals surface area contributed by atoms with Crippen molar-refractivity contribution in [2.75, 3.05) is 11.5 Å². The maximum Gasteiger partial charge on any atom is 0.343 e. The predicted molar refractivity (Wildman–Crippen MR) is 192 cm³/mol. The third-order valence-electron chi connectivity index (χ3n) is 7.84. The zero-order valence-corrected chi connectivity index (χ0v) is 28.2. The molecule has 0 bridgehead atoms. The summed E-state index contributed by atoms with van der Waals surface area (Å²) < 4.78 is 5.68. The summed E-state index contributed by atoms with van der Waals surface area (Å²) in [6.07, 6.45) is 14.6. The van der Waals surface area contributed by atoms with Crippen LogP contribution in [0.25, 0.3) is 22.3 Å². The van der Waals surface area contributed by atoms with Crippen LogP contribution in [0.3, 0.4) is 0 Å². The fourth-order valence-electron chi connectivity index (χ4n) is 5.14. The number of thioether (sulfide) groups is 2. The highest BCUT2D eigenvalue weighted by atomic mass is 32.2. The van der Waals surface area contributed by atoms with Crippen molar-refractivity contribution < 1.29 is 9.53 Å². The van der Waals surface area contributed by atoms with Crippen LogP contribution in [-0.4, -0.2) is 17.5 Å². The Balaban J connectivity index is 1.22. The molecule has 4 aromatic carbocycles. The maximum atomic E-state index is 12.8. The molecule has 0 radical (unpaired) electrons. The Morgan fingerprint density at radius 1 is 0.477 bits per heavy atom. The lowest BCUT2D eigenvalue weighted by molar-refractivity contribution is 0.0735. The van der Waals surface area contributed by atoms with E-state index in [9.17, 15) is 4.79 Å². The number of carbonyl (C=O) groups excluding carboxylic acids is 1. The molecule has 2 nitrogen and oxygen atoms in total. The van der Waals surface area contributed by atoms with E-state index in [1.54, 1.807) is 0 Å². The van der Waals surface area contributed by atoms with Crippen LogP contribution in [0.4, 0.5) is 0 Å². The fourth-order valence-corrected chi connectivity index (χ4v) is 6.96. The van der Waals surface area contributed by atoms with E-state index in [4.69, 9.17) is 4.74 Å². The van der Waals surface area contributed by atoms with Gasteiger partial charge in [-0.15, -0.1) is 23.5 Å². The normalized spacial score (nSPS) is 11.0. The van der Waals surface area contributed by atoms with Crippen molar-refractivity contribution in [2.45, 2.75) is 94.3 Å². The van der Waals surface area contributed by atoms with E-state index in [2.05, 4.69) is 62.4 Å². The van der Waals surface area contributed by atoms with Crippen molar-refractivity contribution in [3.05, 3.63) is 103 Å². The Morgan fingerprint density at radius 3 is 1.27 bits per heavy atom. The van der Waals surface area contributed by atoms with E-state index in [1.165, 1.54) is 91.9 Å². The van der Waals surface area contributed by atoms with Gasteiger partial charge in [0, 0.05) is 9.79 Å². The molecule has 4 rings (SSSR count). The molecule has 0 saturated heterocycles. The van der Waals surface area contributed by atoms with Crippen LogP contribution in [-0.2, 0) is 0 Å². The molecular weight excluding hydrogens is 577 g/mol. The average Bonchev–Trinajstić information content (AvgIpc) is 3.07. The van der Waals surface area contributed by atoms with Gasteiger partial charge in [-0.25, -0.2) is 4.79 Å². The largest absolute Gasteiger partial charge is 0.423 e. The highest BCUT2D eigenvalue weighted by Gasteiger charge is 2.10. The molecule has 4 aromatic rings. The first-order valence-electron chi connectivity index (χ1n) is 16.5. The van der Waals surface area contributed by atoms with Crippen molar-refractivity contribution in [1.29, 1.82) is 0 Å². The molecular formula is C40H48O2S2. The van der Waals surface area contributed by atoms with E-state index >= 15 is 0 Å². The lowest BCUT2D eigenvalue weighted by Crippen LogP contribution is -2.08. The molecule has 0 aliphatic rings. The molecule has 0 heterocycles. The molecule has 0 N–H and O–H groups in total. The van der Waals surface area contributed by atoms with Crippen LogP contribution in [0.5, 0.6) is 5.75 Å². The standard InChI is InChI=1S/C40H48O2S2/c1-3-5-7-9-11-13-31-44-38-26-20-34(21-27-38)32-14-16-36(17-15-32)40(41)42-37-24-18-33(19-25-37)35-22-28-39(29-23-35)43-30-12-10-8-6-4-2/h14-29H,3-13,30-31H2,1-2H3. The molecule has 0 aliphatic carbocycles. The van der Waals surface area contributed by atoms with Crippen molar-refractivity contribution in [1.82, 2.24) is 0 Å². The first-order valence-corrected chi connectivity index (χ1v) is 18.5. The van der Waals surface area contributed by atoms with E-state index < -0.39 is 0 Å². The molecule has 232 valence electrons. The van der Waals surface area contributed by atoms with Gasteiger partial charge in [-0.2, -0.15) is 0 Å². The second kappa shape index (κ2) is 19.4. The first kappa shape index (κ1) is 33.9. The molecule has 0 unspecified atom stereocenters. The van der Waals surface area contributed by atoms with E-state index in [-0.39, 0.29) is 5.97 Å². The van der Waals surface area contributed by atoms with E-state index in [0.29, 0.717) is 11.3 Å². The third kappa shape index (κ3) is 11.5. The smallest absolute Gasteiger partial charge is 0.343 e. The minimum Gasteiger partial charge on any atom is -0.423 e. The quantitative estimate of drug-likeness (QED) is 0.0449. The Labute approximate surface area is 274 Å². The van der Waals surface area contributed by atoms with Gasteiger partial charge in [0.2, 0.25) is 0 Å². The summed E-state index contributed by atoms with van der Waals surface area (Å²) in [5, 5.41) is 0. The summed E-state index contributed by atoms with van der Waals surface area (Å²) in [7, 11) is 0. The summed E-state index contributed by atoms with van der Waals surface area (Å²) in [6, 6.07) is 32.9. The van der Waals surface area contributed by atoms with E-state index in [1.807, 2.05) is 72.1 Å². The maximum absolute atomic E-state index is 12.8. The Kier molecular flexibility index (Phi) is 15.0. The molecule has 44 heavy (non-hydrogen) atoms. The number of esters is 1. The summed E-state index contributed by atoms with van der Waals surface area (Å²) in [5.74, 6) is 2.56. The van der Waals surface area contributed by atoms with Crippen LogP contribution >= 0.6 is 23.5 Å². The van der Waals surface area contributed by atoms with E-state index in [0.717, 1.165) is 22.3 Å². The number of rotatable bonds is 19. The average molecular weight is 625 g/mol. The number of carbonyl (C=O) groups is 1. The molecule has 0 atom stereocenters. The van der Waals surface area contributed by atoms with Crippen LogP contribution in [0.1, 0.15) is 94.8 Å². The molecule has 0 spiro atoms. The van der Waals surface area contributed by atoms with Crippen LogP contribution in [0, 0.1) is 0 Å². The van der Waals surface area contributed by atoms with Gasteiger partial charge in [0.1, 0.15) is 5.75 Å². The third-order valence-corrected chi connectivity index (χ3v) is 10.0. The summed E-state index contributed by atoms with van der Waals surface area (Å²) >= 11 is 3.87. The monoisotopic (exact) mass is 624 g/mol. The minimum absolute atomic E-state index is 0.346. The topological polar surface area (TPSA) is 26.3 Å². The minimum atomic E-state index is -0.346. The molecule has 0 aromatic heterocycles. The molecule has 0 amide bonds. The van der Waals surface area contributed by atoms with Gasteiger partial charge in [-0.3, -0.25) is 0 Å². The van der Waals surface area contributed by atoms with Crippen LogP contribution in [0.2, 0.25) is 0 Å². The van der Waals surface area contributed by atoms with Gasteiger partial charge >= 0.3 is 5.97 Å². The Morgan fingerprint density at radius 2 is 0.841 bits per heavy atom. The van der Waals surface area contributed by atoms with Gasteiger partial charge < -0.3 is 4.74 Å². The van der Waals surface area contributed by atoms with Gasteiger partial charge in [0.05, 0.1) is 5.56 Å². The van der Waals surface area contributed by atoms with Crippen LogP contribution < -0.4 is 4.74 Å². The van der Waals surface area contributed by atoms with Gasteiger partial charge in [-0.05, 0) is 95.1 Å². The number of unbranched alkanes of at least 4 members (excludes halogenated alkanes) is 9. The summed E-state index contributed by atoms with van der Waals surface area (Å²) in [6.45, 7) is 4.52. The molecule has 0 saturated carbocycles. The molecule has 0 aliphatic heterocycles. The zero-order chi connectivity index (χ0) is 30.8. The van der Waals surface area contributed by atoms with Crippen molar-refractivity contribution in [3.63, 3.8) is 0 Å². The van der Waals surface area contributed by atoms with Gasteiger partial charge in [0.15, 0.2) is 0 Å². The van der Waals surface area contributed by atoms with Crippen LogP contribution in [0.15, 0.2) is 107 Å². The summed E-state index contributed by atoms with van der Waals surface area (Å²) in [4.78, 5) is 15.5. The number of benzene rings is 4. The number of ether oxygens (including phenoxy) is 1. The second-order valence-electron chi connectivity index (χ2n) is 11.4. The number of hydrogen-bond donors (Lipinski definition) is 0. The molecule has 0 fully saturated rings. The Bertz CT molecular complexity index is 1360. The lowest BCUT2D eigenvalue weighted by atomic mass is 10.0. The summed E-state index contributed by atoms with van der Waals surface area (Å²) in [5.41, 5.74) is 5.06. The van der Waals surface area contributed by atoms with Gasteiger partial charge in [0.25, 0.3) is 0 Å². The zero-order valence-electron chi connectivity index (χ0n) is 26.6. The first-order chi connectivity index (χ1) is 21.7. The van der Waals surface area contributed by atoms with Gasteiger partial charge in [-0.1, -0.05) is 120 Å². The Hall–Kier alpha value is -2.95. The highest BCUT2D eigenvalue weighted by molar-refractivity contribution is 7.99. The molecule has 4 heteroatoms. The fraction of sp³-hybridized carbons (Fsp3) is 0.375. The van der Waals surface area contributed by atoms with Crippen molar-refractivity contribution >= 4 is 29.5 Å². The second-order valence-corrected chi connectivity index (χ2v) is 13.8. The number of hydrogen-bond acceptors (Lipinski definition) is 4. The highest BCUT2D eigenvalue weighted by Crippen LogP contribution is 2.28.